The molecule has 1 aromatic rings. The second kappa shape index (κ2) is 7.67. The molecule has 0 aliphatic heterocycles. The summed E-state index contributed by atoms with van der Waals surface area (Å²) in [5.41, 5.74) is 5.90. The smallest absolute Gasteiger partial charge is 0.307 e. The molecule has 0 radical (unpaired) electrons. The van der Waals surface area contributed by atoms with Crippen LogP contribution in [0.15, 0.2) is 6.07 Å². The van der Waals surface area contributed by atoms with Crippen LogP contribution in [0.25, 0.3) is 0 Å². The second-order valence-electron chi connectivity index (χ2n) is 8.65. The standard InChI is InChI=1S/C21H31N3O3S/c1-14(11-12-24(2)17-9-10-17)28(26,27)23-21(25)22-20-18-7-3-5-15(18)13-16-6-4-8-19(16)20/h13-14,17H,3-12H2,1-2H3,(H2,22,23,25). The third kappa shape index (κ3) is 4.06. The molecule has 1 aromatic carbocycles. The number of fused-ring (bicyclic) bond motifs is 2. The van der Waals surface area contributed by atoms with Crippen LogP contribution in [0.2, 0.25) is 0 Å². The van der Waals surface area contributed by atoms with Crippen molar-refractivity contribution in [3.05, 3.63) is 28.3 Å². The number of benzene rings is 1. The zero-order valence-corrected chi connectivity index (χ0v) is 17.7. The molecule has 1 unspecified atom stereocenters. The number of nitrogens with one attached hydrogen (secondary N) is 2. The van der Waals surface area contributed by atoms with Gasteiger partial charge >= 0.3 is 6.03 Å². The highest BCUT2D eigenvalue weighted by atomic mass is 32.2. The maximum atomic E-state index is 12.6. The number of hydrogen-bond donors (Lipinski definition) is 2. The predicted octanol–water partition coefficient (Wildman–Crippen LogP) is 2.99. The minimum atomic E-state index is -3.70. The maximum absolute atomic E-state index is 12.6. The summed E-state index contributed by atoms with van der Waals surface area (Å²) in [5.74, 6) is 0. The van der Waals surface area contributed by atoms with Crippen LogP contribution in [-0.2, 0) is 35.7 Å². The summed E-state index contributed by atoms with van der Waals surface area (Å²) in [6.07, 6.45) is 9.10. The number of hydrogen-bond acceptors (Lipinski definition) is 4. The predicted molar refractivity (Wildman–Crippen MR) is 111 cm³/mol. The lowest BCUT2D eigenvalue weighted by molar-refractivity contribution is 0.256. The van der Waals surface area contributed by atoms with E-state index in [0.29, 0.717) is 12.5 Å². The van der Waals surface area contributed by atoms with E-state index in [0.717, 1.165) is 50.8 Å². The zero-order chi connectivity index (χ0) is 19.9. The fraction of sp³-hybridized carbons (Fsp3) is 0.667. The first-order chi connectivity index (χ1) is 13.3. The first kappa shape index (κ1) is 19.7. The van der Waals surface area contributed by atoms with E-state index in [9.17, 15) is 13.2 Å². The summed E-state index contributed by atoms with van der Waals surface area (Å²) >= 11 is 0. The van der Waals surface area contributed by atoms with Crippen molar-refractivity contribution in [1.82, 2.24) is 9.62 Å². The van der Waals surface area contributed by atoms with Gasteiger partial charge in [0, 0.05) is 11.7 Å². The van der Waals surface area contributed by atoms with Gasteiger partial charge in [-0.15, -0.1) is 0 Å². The van der Waals surface area contributed by atoms with E-state index in [-0.39, 0.29) is 0 Å². The van der Waals surface area contributed by atoms with Crippen LogP contribution in [0.3, 0.4) is 0 Å². The lowest BCUT2D eigenvalue weighted by atomic mass is 9.99. The Hall–Kier alpha value is -1.60. The van der Waals surface area contributed by atoms with Gasteiger partial charge < -0.3 is 10.2 Å². The quantitative estimate of drug-likeness (QED) is 0.731. The average Bonchev–Trinajstić information content (AvgIpc) is 3.20. The third-order valence-corrected chi connectivity index (χ3v) is 8.30. The van der Waals surface area contributed by atoms with Gasteiger partial charge in [0.2, 0.25) is 10.0 Å². The molecule has 28 heavy (non-hydrogen) atoms. The number of urea groups is 1. The minimum absolute atomic E-state index is 0.520. The van der Waals surface area contributed by atoms with Gasteiger partial charge in [-0.25, -0.2) is 17.9 Å². The van der Waals surface area contributed by atoms with E-state index in [1.165, 1.54) is 35.1 Å². The summed E-state index contributed by atoms with van der Waals surface area (Å²) in [7, 11) is -1.66. The highest BCUT2D eigenvalue weighted by Gasteiger charge is 2.30. The van der Waals surface area contributed by atoms with Crippen LogP contribution in [0.4, 0.5) is 10.5 Å². The molecular weight excluding hydrogens is 374 g/mol. The molecule has 1 fully saturated rings. The Kier molecular flexibility index (Phi) is 5.40. The molecule has 0 heterocycles. The van der Waals surface area contributed by atoms with Gasteiger partial charge in [0.25, 0.3) is 0 Å². The Bertz CT molecular complexity index is 845. The first-order valence-electron chi connectivity index (χ1n) is 10.5. The van der Waals surface area contributed by atoms with Crippen molar-refractivity contribution in [1.29, 1.82) is 0 Å². The maximum Gasteiger partial charge on any atom is 0.332 e. The van der Waals surface area contributed by atoms with Crippen molar-refractivity contribution in [3.63, 3.8) is 0 Å². The summed E-state index contributed by atoms with van der Waals surface area (Å²) in [4.78, 5) is 14.8. The number of amides is 2. The Morgan fingerprint density at radius 3 is 2.32 bits per heavy atom. The zero-order valence-electron chi connectivity index (χ0n) is 16.9. The Morgan fingerprint density at radius 2 is 1.75 bits per heavy atom. The van der Waals surface area contributed by atoms with Gasteiger partial charge in [0.05, 0.1) is 5.25 Å². The molecule has 1 saturated carbocycles. The molecule has 0 saturated heterocycles. The van der Waals surface area contributed by atoms with Gasteiger partial charge in [0.15, 0.2) is 0 Å². The van der Waals surface area contributed by atoms with Crippen LogP contribution < -0.4 is 10.0 Å². The Balaban J connectivity index is 1.41. The SMILES string of the molecule is CC(CCN(C)C1CC1)S(=O)(=O)NC(=O)Nc1c2c(cc3c1CCC3)CCC2. The van der Waals surface area contributed by atoms with Crippen molar-refractivity contribution >= 4 is 21.7 Å². The summed E-state index contributed by atoms with van der Waals surface area (Å²) in [6.45, 7) is 2.41. The van der Waals surface area contributed by atoms with Crippen molar-refractivity contribution in [2.24, 2.45) is 0 Å². The molecule has 1 atom stereocenters. The molecule has 154 valence electrons. The fourth-order valence-corrected chi connectivity index (χ4v) is 5.50. The Labute approximate surface area is 168 Å². The fourth-order valence-electron chi connectivity index (χ4n) is 4.57. The van der Waals surface area contributed by atoms with Crippen LogP contribution >= 0.6 is 0 Å². The van der Waals surface area contributed by atoms with Crippen molar-refractivity contribution in [2.45, 2.75) is 76.0 Å². The van der Waals surface area contributed by atoms with Crippen molar-refractivity contribution in [3.8, 4) is 0 Å². The van der Waals surface area contributed by atoms with Gasteiger partial charge in [-0.05, 0) is 101 Å². The first-order valence-corrected chi connectivity index (χ1v) is 12.1. The van der Waals surface area contributed by atoms with Crippen molar-refractivity contribution < 1.29 is 13.2 Å². The summed E-state index contributed by atoms with van der Waals surface area (Å²) in [5, 5.41) is 2.30. The van der Waals surface area contributed by atoms with Crippen LogP contribution in [0, 0.1) is 0 Å². The number of sulfonamides is 1. The summed E-state index contributed by atoms with van der Waals surface area (Å²) in [6, 6.07) is 2.27. The monoisotopic (exact) mass is 405 g/mol. The molecule has 0 aromatic heterocycles. The molecule has 0 spiro atoms. The minimum Gasteiger partial charge on any atom is -0.307 e. The second-order valence-corrected chi connectivity index (χ2v) is 10.7. The lowest BCUT2D eigenvalue weighted by Crippen LogP contribution is -2.41. The number of rotatable bonds is 7. The van der Waals surface area contributed by atoms with Gasteiger partial charge in [-0.1, -0.05) is 6.07 Å². The van der Waals surface area contributed by atoms with E-state index in [2.05, 4.69) is 21.0 Å². The van der Waals surface area contributed by atoms with Gasteiger partial charge in [0.1, 0.15) is 0 Å². The highest BCUT2D eigenvalue weighted by Crippen LogP contribution is 2.38. The largest absolute Gasteiger partial charge is 0.332 e. The molecule has 4 rings (SSSR count). The van der Waals surface area contributed by atoms with Crippen molar-refractivity contribution in [2.75, 3.05) is 18.9 Å². The number of carbonyl (C=O) groups is 1. The molecule has 6 nitrogen and oxygen atoms in total. The molecular formula is C21H31N3O3S. The van der Waals surface area contributed by atoms with Crippen LogP contribution in [0.1, 0.15) is 61.3 Å². The highest BCUT2D eigenvalue weighted by molar-refractivity contribution is 7.90. The molecule has 0 bridgehead atoms. The van der Waals surface area contributed by atoms with Gasteiger partial charge in [-0.2, -0.15) is 0 Å². The number of carbonyl (C=O) groups excluding carboxylic acids is 1. The number of anilines is 1. The van der Waals surface area contributed by atoms with E-state index in [1.807, 2.05) is 7.05 Å². The molecule has 2 N–H and O–H groups in total. The van der Waals surface area contributed by atoms with E-state index < -0.39 is 21.3 Å². The van der Waals surface area contributed by atoms with E-state index >= 15 is 0 Å². The number of aryl methyl sites for hydroxylation is 2. The normalized spacial score (nSPS) is 19.4. The average molecular weight is 406 g/mol. The van der Waals surface area contributed by atoms with E-state index in [4.69, 9.17) is 0 Å². The number of nitrogens with zero attached hydrogens (tertiary/aromatic N) is 1. The van der Waals surface area contributed by atoms with Crippen LogP contribution in [0.5, 0.6) is 0 Å². The lowest BCUT2D eigenvalue weighted by Gasteiger charge is -2.20. The summed E-state index contributed by atoms with van der Waals surface area (Å²) < 4.78 is 27.5. The van der Waals surface area contributed by atoms with Crippen LogP contribution in [-0.4, -0.2) is 44.2 Å². The topological polar surface area (TPSA) is 78.5 Å². The van der Waals surface area contributed by atoms with Gasteiger partial charge in [-0.3, -0.25) is 0 Å². The molecule has 7 heteroatoms. The third-order valence-electron chi connectivity index (χ3n) is 6.53. The Morgan fingerprint density at radius 1 is 1.14 bits per heavy atom. The molecule has 2 amide bonds. The molecule has 3 aliphatic carbocycles. The molecule has 3 aliphatic rings. The van der Waals surface area contributed by atoms with E-state index in [1.54, 1.807) is 6.92 Å².